The molecule has 0 saturated heterocycles. The van der Waals surface area contributed by atoms with Crippen molar-refractivity contribution in [1.29, 1.82) is 0 Å². The lowest BCUT2D eigenvalue weighted by atomic mass is 9.78. The normalized spacial score (nSPS) is 11.9. The largest absolute Gasteiger partial charge is 0.310 e. The van der Waals surface area contributed by atoms with Crippen molar-refractivity contribution >= 4 is 70.4 Å². The Morgan fingerprint density at radius 1 is 0.407 bits per heavy atom. The fourth-order valence-electron chi connectivity index (χ4n) is 8.16. The van der Waals surface area contributed by atoms with Gasteiger partial charge in [0.2, 0.25) is 0 Å². The van der Waals surface area contributed by atoms with Gasteiger partial charge in [0.25, 0.3) is 0 Å². The maximum atomic E-state index is 2.43. The fraction of sp³-hybridized carbons (Fsp3) is 0.0588. The second-order valence-electron chi connectivity index (χ2n) is 14.6. The van der Waals surface area contributed by atoms with Crippen molar-refractivity contribution < 1.29 is 0 Å². The first-order valence-corrected chi connectivity index (χ1v) is 19.4. The number of anilines is 3. The van der Waals surface area contributed by atoms with E-state index in [9.17, 15) is 0 Å². The molecule has 258 valence electrons. The average molecular weight is 711 g/mol. The van der Waals surface area contributed by atoms with Crippen LogP contribution in [0.1, 0.15) is 25.0 Å². The van der Waals surface area contributed by atoms with Crippen LogP contribution in [0, 0.1) is 0 Å². The Bertz CT molecular complexity index is 2940. The molecule has 0 spiro atoms. The summed E-state index contributed by atoms with van der Waals surface area (Å²) in [5, 5.41) is 5.10. The summed E-state index contributed by atoms with van der Waals surface area (Å²) in [4.78, 5) is 2.41. The lowest BCUT2D eigenvalue weighted by Crippen LogP contribution is -2.18. The van der Waals surface area contributed by atoms with Crippen molar-refractivity contribution in [3.63, 3.8) is 0 Å². The van der Waals surface area contributed by atoms with E-state index in [1.165, 1.54) is 64.2 Å². The number of para-hydroxylation sites is 1. The first-order valence-electron chi connectivity index (χ1n) is 18.6. The van der Waals surface area contributed by atoms with Gasteiger partial charge in [0, 0.05) is 59.1 Å². The van der Waals surface area contributed by atoms with Crippen LogP contribution in [0.4, 0.5) is 17.1 Å². The van der Waals surface area contributed by atoms with Gasteiger partial charge in [-0.05, 0) is 82.9 Å². The van der Waals surface area contributed by atoms with Gasteiger partial charge >= 0.3 is 0 Å². The third-order valence-corrected chi connectivity index (χ3v) is 12.2. The number of nitrogens with zero attached hydrogens (tertiary/aromatic N) is 2. The number of hydrogen-bond donors (Lipinski definition) is 0. The van der Waals surface area contributed by atoms with Crippen LogP contribution in [0.3, 0.4) is 0 Å². The van der Waals surface area contributed by atoms with Crippen LogP contribution in [-0.4, -0.2) is 4.57 Å². The molecule has 3 heteroatoms. The minimum atomic E-state index is -0.111. The molecule has 0 aliphatic carbocycles. The van der Waals surface area contributed by atoms with Gasteiger partial charge in [-0.3, -0.25) is 0 Å². The van der Waals surface area contributed by atoms with E-state index in [4.69, 9.17) is 0 Å². The summed E-state index contributed by atoms with van der Waals surface area (Å²) in [6.45, 7) is 4.61. The summed E-state index contributed by atoms with van der Waals surface area (Å²) < 4.78 is 5.03. The minimum Gasteiger partial charge on any atom is -0.310 e. The van der Waals surface area contributed by atoms with Crippen LogP contribution >= 0.6 is 11.3 Å². The van der Waals surface area contributed by atoms with Crippen LogP contribution in [0.2, 0.25) is 0 Å². The highest BCUT2D eigenvalue weighted by molar-refractivity contribution is 7.25. The maximum Gasteiger partial charge on any atom is 0.0561 e. The van der Waals surface area contributed by atoms with Crippen molar-refractivity contribution in [3.8, 4) is 16.8 Å². The molecule has 0 amide bonds. The second-order valence-corrected chi connectivity index (χ2v) is 15.7. The van der Waals surface area contributed by atoms with Gasteiger partial charge < -0.3 is 9.47 Å². The standard InChI is InChI=1S/C51H38N2S/c1-51(2,37-15-7-4-8-16-37)38-23-27-40(28-24-38)53-47-19-11-9-17-43(47)44-31-29-41(33-48(44)53)52(39-25-21-36(22-26-39)35-13-5-3-6-14-35)42-30-32-46-45-18-10-12-20-49(45)54-50(46)34-42/h3-34H,1-2H3. The highest BCUT2D eigenvalue weighted by Crippen LogP contribution is 2.43. The molecule has 10 rings (SSSR count). The van der Waals surface area contributed by atoms with Crippen LogP contribution in [-0.2, 0) is 5.41 Å². The van der Waals surface area contributed by atoms with Crippen LogP contribution in [0.25, 0.3) is 58.8 Å². The predicted octanol–water partition coefficient (Wildman–Crippen LogP) is 14.6. The van der Waals surface area contributed by atoms with E-state index in [0.29, 0.717) is 0 Å². The SMILES string of the molecule is CC(C)(c1ccccc1)c1ccc(-n2c3ccccc3c3ccc(N(c4ccc(-c5ccccc5)cc4)c4ccc5c(c4)sc4ccccc45)cc32)cc1. The van der Waals surface area contributed by atoms with E-state index in [1.54, 1.807) is 0 Å². The summed E-state index contributed by atoms with van der Waals surface area (Å²) in [6.07, 6.45) is 0. The Balaban J connectivity index is 1.14. The van der Waals surface area contributed by atoms with Crippen LogP contribution < -0.4 is 4.90 Å². The molecule has 0 aliphatic rings. The number of fused-ring (bicyclic) bond motifs is 6. The number of aromatic nitrogens is 1. The molecule has 0 radical (unpaired) electrons. The summed E-state index contributed by atoms with van der Waals surface area (Å²) in [6, 6.07) is 70.9. The topological polar surface area (TPSA) is 8.17 Å². The van der Waals surface area contributed by atoms with Gasteiger partial charge in [0.15, 0.2) is 0 Å². The number of hydrogen-bond acceptors (Lipinski definition) is 2. The fourth-order valence-corrected chi connectivity index (χ4v) is 9.30. The molecule has 54 heavy (non-hydrogen) atoms. The third-order valence-electron chi connectivity index (χ3n) is 11.1. The Kier molecular flexibility index (Phi) is 7.71. The van der Waals surface area contributed by atoms with E-state index in [2.05, 4.69) is 217 Å². The van der Waals surface area contributed by atoms with Crippen molar-refractivity contribution in [2.75, 3.05) is 4.90 Å². The van der Waals surface area contributed by atoms with Gasteiger partial charge in [-0.25, -0.2) is 0 Å². The van der Waals surface area contributed by atoms with E-state index < -0.39 is 0 Å². The molecule has 0 aliphatic heterocycles. The molecule has 2 aromatic heterocycles. The van der Waals surface area contributed by atoms with Gasteiger partial charge in [0.1, 0.15) is 0 Å². The summed E-state index contributed by atoms with van der Waals surface area (Å²) in [5.74, 6) is 0. The monoisotopic (exact) mass is 710 g/mol. The van der Waals surface area contributed by atoms with E-state index in [0.717, 1.165) is 22.7 Å². The minimum absolute atomic E-state index is 0.111. The number of rotatable bonds is 7. The molecule has 2 nitrogen and oxygen atoms in total. The van der Waals surface area contributed by atoms with E-state index in [-0.39, 0.29) is 5.41 Å². The average Bonchev–Trinajstić information content (AvgIpc) is 3.77. The third kappa shape index (κ3) is 5.39. The molecule has 0 saturated carbocycles. The molecule has 0 N–H and O–H groups in total. The zero-order valence-electron chi connectivity index (χ0n) is 30.3. The Labute approximate surface area is 319 Å². The van der Waals surface area contributed by atoms with Crippen LogP contribution in [0.5, 0.6) is 0 Å². The van der Waals surface area contributed by atoms with E-state index >= 15 is 0 Å². The van der Waals surface area contributed by atoms with Gasteiger partial charge in [-0.1, -0.05) is 147 Å². The van der Waals surface area contributed by atoms with Gasteiger partial charge in [-0.2, -0.15) is 0 Å². The smallest absolute Gasteiger partial charge is 0.0561 e. The van der Waals surface area contributed by atoms with Gasteiger partial charge in [0.05, 0.1) is 11.0 Å². The molecule has 2 heterocycles. The Morgan fingerprint density at radius 2 is 0.944 bits per heavy atom. The highest BCUT2D eigenvalue weighted by atomic mass is 32.1. The predicted molar refractivity (Wildman–Crippen MR) is 232 cm³/mol. The lowest BCUT2D eigenvalue weighted by Gasteiger charge is -2.27. The molecule has 0 atom stereocenters. The highest BCUT2D eigenvalue weighted by Gasteiger charge is 2.24. The van der Waals surface area contributed by atoms with Crippen molar-refractivity contribution in [1.82, 2.24) is 4.57 Å². The summed E-state index contributed by atoms with van der Waals surface area (Å²) in [5.41, 5.74) is 11.8. The molecule has 8 aromatic carbocycles. The molecular formula is C51H38N2S. The van der Waals surface area contributed by atoms with Gasteiger partial charge in [-0.15, -0.1) is 11.3 Å². The molecular weight excluding hydrogens is 673 g/mol. The van der Waals surface area contributed by atoms with Crippen molar-refractivity contribution in [3.05, 3.63) is 205 Å². The zero-order chi connectivity index (χ0) is 36.2. The second kappa shape index (κ2) is 12.9. The Morgan fingerprint density at radius 3 is 1.70 bits per heavy atom. The first-order chi connectivity index (χ1) is 26.5. The molecule has 0 bridgehead atoms. The lowest BCUT2D eigenvalue weighted by molar-refractivity contribution is 0.641. The van der Waals surface area contributed by atoms with E-state index in [1.807, 2.05) is 11.3 Å². The first kappa shape index (κ1) is 32.2. The quantitative estimate of drug-likeness (QED) is 0.160. The number of benzene rings is 8. The maximum absolute atomic E-state index is 2.43. The molecule has 0 unspecified atom stereocenters. The van der Waals surface area contributed by atoms with Crippen molar-refractivity contribution in [2.45, 2.75) is 19.3 Å². The number of thiophene rings is 1. The Hall–Kier alpha value is -6.42. The zero-order valence-corrected chi connectivity index (χ0v) is 31.1. The summed E-state index contributed by atoms with van der Waals surface area (Å²) >= 11 is 1.86. The molecule has 10 aromatic rings. The van der Waals surface area contributed by atoms with Crippen LogP contribution in [0.15, 0.2) is 194 Å². The molecule has 0 fully saturated rings. The van der Waals surface area contributed by atoms with Crippen molar-refractivity contribution in [2.24, 2.45) is 0 Å². The summed E-state index contributed by atoms with van der Waals surface area (Å²) in [7, 11) is 0.